The lowest BCUT2D eigenvalue weighted by molar-refractivity contribution is -0.141. The molecule has 1 atom stereocenters. The highest BCUT2D eigenvalue weighted by molar-refractivity contribution is 5.70. The van der Waals surface area contributed by atoms with Crippen molar-refractivity contribution in [3.8, 4) is 0 Å². The molecule has 84 valence electrons. The Balaban J connectivity index is 2.40. The third kappa shape index (κ3) is 1.88. The third-order valence-corrected chi connectivity index (χ3v) is 2.50. The minimum atomic E-state index is -0.793. The van der Waals surface area contributed by atoms with Crippen LogP contribution in [0.1, 0.15) is 18.3 Å². The summed E-state index contributed by atoms with van der Waals surface area (Å²) in [5.41, 5.74) is 1.66. The Morgan fingerprint density at radius 3 is 3.06 bits per heavy atom. The minimum Gasteiger partial charge on any atom is -0.481 e. The van der Waals surface area contributed by atoms with Crippen molar-refractivity contribution in [2.75, 3.05) is 0 Å². The molecule has 2 aromatic heterocycles. The molecule has 0 aromatic carbocycles. The highest BCUT2D eigenvalue weighted by Gasteiger charge is 2.14. The van der Waals surface area contributed by atoms with Crippen molar-refractivity contribution in [3.63, 3.8) is 0 Å². The van der Waals surface area contributed by atoms with Gasteiger partial charge in [0.15, 0.2) is 5.65 Å². The number of rotatable bonds is 3. The Hall–Kier alpha value is -1.91. The zero-order chi connectivity index (χ0) is 11.7. The molecule has 0 aliphatic carbocycles. The van der Waals surface area contributed by atoms with Crippen LogP contribution in [0.2, 0.25) is 0 Å². The first-order valence-electron chi connectivity index (χ1n) is 5.11. The first-order valence-corrected chi connectivity index (χ1v) is 5.11. The van der Waals surface area contributed by atoms with Crippen LogP contribution in [-0.2, 0) is 11.2 Å². The molecule has 2 aromatic rings. The van der Waals surface area contributed by atoms with Crippen LogP contribution in [0, 0.1) is 12.8 Å². The molecular weight excluding hydrogens is 206 g/mol. The number of aryl methyl sites for hydroxylation is 1. The van der Waals surface area contributed by atoms with Gasteiger partial charge in [-0.1, -0.05) is 13.0 Å². The molecule has 1 N–H and O–H groups in total. The van der Waals surface area contributed by atoms with E-state index in [9.17, 15) is 4.79 Å². The van der Waals surface area contributed by atoms with E-state index in [2.05, 4.69) is 10.1 Å². The number of hydrogen-bond acceptors (Lipinski definition) is 3. The first kappa shape index (κ1) is 10.6. The predicted molar refractivity (Wildman–Crippen MR) is 58.2 cm³/mol. The van der Waals surface area contributed by atoms with E-state index in [1.807, 2.05) is 25.3 Å². The maximum absolute atomic E-state index is 10.8. The molecule has 1 unspecified atom stereocenters. The van der Waals surface area contributed by atoms with E-state index < -0.39 is 11.9 Å². The van der Waals surface area contributed by atoms with Crippen LogP contribution in [0.3, 0.4) is 0 Å². The summed E-state index contributed by atoms with van der Waals surface area (Å²) in [7, 11) is 0. The molecule has 0 spiro atoms. The monoisotopic (exact) mass is 219 g/mol. The predicted octanol–water partition coefficient (Wildman–Crippen LogP) is 1.30. The van der Waals surface area contributed by atoms with Gasteiger partial charge < -0.3 is 5.11 Å². The van der Waals surface area contributed by atoms with Crippen LogP contribution in [-0.4, -0.2) is 25.7 Å². The van der Waals surface area contributed by atoms with Crippen molar-refractivity contribution in [1.29, 1.82) is 0 Å². The Bertz CT molecular complexity index is 533. The van der Waals surface area contributed by atoms with E-state index in [0.717, 1.165) is 11.2 Å². The van der Waals surface area contributed by atoms with Gasteiger partial charge in [0.1, 0.15) is 5.82 Å². The molecule has 5 heteroatoms. The molecule has 0 amide bonds. The molecule has 0 radical (unpaired) electrons. The lowest BCUT2D eigenvalue weighted by Gasteiger charge is -2.06. The number of fused-ring (bicyclic) bond motifs is 1. The summed E-state index contributed by atoms with van der Waals surface area (Å²) in [6, 6.07) is 3.74. The molecule has 2 heterocycles. The highest BCUT2D eigenvalue weighted by Crippen LogP contribution is 2.14. The average Bonchev–Trinajstić information content (AvgIpc) is 2.59. The normalized spacial score (nSPS) is 12.9. The summed E-state index contributed by atoms with van der Waals surface area (Å²) in [5, 5.41) is 13.1. The van der Waals surface area contributed by atoms with Crippen molar-refractivity contribution in [2.24, 2.45) is 5.92 Å². The van der Waals surface area contributed by atoms with Crippen LogP contribution in [0.15, 0.2) is 18.3 Å². The van der Waals surface area contributed by atoms with Gasteiger partial charge in [0, 0.05) is 6.20 Å². The SMILES string of the molecule is Cc1nc2c(CC(C)C(=O)O)cccn2n1. The first-order chi connectivity index (χ1) is 7.58. The van der Waals surface area contributed by atoms with Crippen LogP contribution in [0.25, 0.3) is 5.65 Å². The number of carbonyl (C=O) groups is 1. The summed E-state index contributed by atoms with van der Waals surface area (Å²) in [5.74, 6) is -0.517. The molecule has 0 saturated heterocycles. The third-order valence-electron chi connectivity index (χ3n) is 2.50. The Kier molecular flexibility index (Phi) is 2.60. The Labute approximate surface area is 92.7 Å². The minimum absolute atomic E-state index is 0.414. The second kappa shape index (κ2) is 3.92. The van der Waals surface area contributed by atoms with Gasteiger partial charge in [0.05, 0.1) is 5.92 Å². The molecule has 16 heavy (non-hydrogen) atoms. The zero-order valence-corrected chi connectivity index (χ0v) is 9.21. The summed E-state index contributed by atoms with van der Waals surface area (Å²) in [6.07, 6.45) is 2.28. The lowest BCUT2D eigenvalue weighted by Crippen LogP contribution is -2.12. The van der Waals surface area contributed by atoms with E-state index in [1.54, 1.807) is 11.4 Å². The van der Waals surface area contributed by atoms with E-state index in [0.29, 0.717) is 12.2 Å². The highest BCUT2D eigenvalue weighted by atomic mass is 16.4. The molecule has 2 rings (SSSR count). The number of hydrogen-bond donors (Lipinski definition) is 1. The Morgan fingerprint density at radius 2 is 2.38 bits per heavy atom. The second-order valence-electron chi connectivity index (χ2n) is 3.90. The van der Waals surface area contributed by atoms with E-state index >= 15 is 0 Å². The van der Waals surface area contributed by atoms with Crippen molar-refractivity contribution in [2.45, 2.75) is 20.3 Å². The average molecular weight is 219 g/mol. The van der Waals surface area contributed by atoms with Gasteiger partial charge in [-0.05, 0) is 25.0 Å². The van der Waals surface area contributed by atoms with Crippen molar-refractivity contribution < 1.29 is 9.90 Å². The van der Waals surface area contributed by atoms with Gasteiger partial charge in [-0.2, -0.15) is 5.10 Å². The zero-order valence-electron chi connectivity index (χ0n) is 9.21. The molecule has 0 fully saturated rings. The number of aliphatic carboxylic acids is 1. The lowest BCUT2D eigenvalue weighted by atomic mass is 10.0. The van der Waals surface area contributed by atoms with Crippen LogP contribution in [0.5, 0.6) is 0 Å². The summed E-state index contributed by atoms with van der Waals surface area (Å²) < 4.78 is 1.68. The number of nitrogens with zero attached hydrogens (tertiary/aromatic N) is 3. The number of aromatic nitrogens is 3. The van der Waals surface area contributed by atoms with Crippen molar-refractivity contribution in [3.05, 3.63) is 29.7 Å². The van der Waals surface area contributed by atoms with Gasteiger partial charge in [0.2, 0.25) is 0 Å². The van der Waals surface area contributed by atoms with Crippen LogP contribution >= 0.6 is 0 Å². The molecule has 0 aliphatic rings. The molecule has 0 aliphatic heterocycles. The van der Waals surface area contributed by atoms with Gasteiger partial charge in [-0.25, -0.2) is 9.50 Å². The largest absolute Gasteiger partial charge is 0.481 e. The number of carboxylic acid groups (broad SMARTS) is 1. The maximum atomic E-state index is 10.8. The number of pyridine rings is 1. The summed E-state index contributed by atoms with van der Waals surface area (Å²) in [6.45, 7) is 3.51. The van der Waals surface area contributed by atoms with Gasteiger partial charge in [-0.3, -0.25) is 4.79 Å². The van der Waals surface area contributed by atoms with Gasteiger partial charge in [0.25, 0.3) is 0 Å². The fraction of sp³-hybridized carbons (Fsp3) is 0.364. The summed E-state index contributed by atoms with van der Waals surface area (Å²) in [4.78, 5) is 15.1. The van der Waals surface area contributed by atoms with Crippen molar-refractivity contribution in [1.82, 2.24) is 14.6 Å². The molecular formula is C11H13N3O2. The standard InChI is InChI=1S/C11H13N3O2/c1-7(11(15)16)6-9-4-3-5-14-10(9)12-8(2)13-14/h3-5,7H,6H2,1-2H3,(H,15,16). The van der Waals surface area contributed by atoms with Gasteiger partial charge >= 0.3 is 5.97 Å². The van der Waals surface area contributed by atoms with E-state index in [-0.39, 0.29) is 0 Å². The molecule has 5 nitrogen and oxygen atoms in total. The topological polar surface area (TPSA) is 67.5 Å². The fourth-order valence-electron chi connectivity index (χ4n) is 1.64. The van der Waals surface area contributed by atoms with Crippen LogP contribution < -0.4 is 0 Å². The molecule has 0 saturated carbocycles. The van der Waals surface area contributed by atoms with E-state index in [4.69, 9.17) is 5.11 Å². The summed E-state index contributed by atoms with van der Waals surface area (Å²) >= 11 is 0. The van der Waals surface area contributed by atoms with Crippen molar-refractivity contribution >= 4 is 11.6 Å². The number of carboxylic acids is 1. The second-order valence-corrected chi connectivity index (χ2v) is 3.90. The van der Waals surface area contributed by atoms with E-state index in [1.165, 1.54) is 0 Å². The van der Waals surface area contributed by atoms with Crippen LogP contribution in [0.4, 0.5) is 0 Å². The smallest absolute Gasteiger partial charge is 0.306 e. The molecule has 0 bridgehead atoms. The Morgan fingerprint density at radius 1 is 1.62 bits per heavy atom. The fourth-order valence-corrected chi connectivity index (χ4v) is 1.64. The maximum Gasteiger partial charge on any atom is 0.306 e. The quantitative estimate of drug-likeness (QED) is 0.844. The van der Waals surface area contributed by atoms with Gasteiger partial charge in [-0.15, -0.1) is 0 Å².